The number of rotatable bonds is 7. The summed E-state index contributed by atoms with van der Waals surface area (Å²) in [4.78, 5) is 31.1. The van der Waals surface area contributed by atoms with Gasteiger partial charge in [0.1, 0.15) is 0 Å². The number of benzene rings is 1. The molecule has 4 aromatic rings. The smallest absolute Gasteiger partial charge is 0.339 e. The molecule has 3 aromatic heterocycles. The fraction of sp³-hybridized carbons (Fsp3) is 0.250. The number of amides is 1. The number of carbonyl (C=O) groups excluding carboxylic acids is 2. The monoisotopic (exact) mass is 448 g/mol. The van der Waals surface area contributed by atoms with Crippen molar-refractivity contribution in [3.8, 4) is 10.6 Å². The Kier molecular flexibility index (Phi) is 6.32. The van der Waals surface area contributed by atoms with Crippen molar-refractivity contribution in [1.82, 2.24) is 14.8 Å². The van der Waals surface area contributed by atoms with Crippen LogP contribution in [0.4, 0.5) is 5.69 Å². The molecule has 0 saturated heterocycles. The van der Waals surface area contributed by atoms with Crippen LogP contribution in [0, 0.1) is 6.92 Å². The molecule has 0 aliphatic heterocycles. The van der Waals surface area contributed by atoms with Crippen molar-refractivity contribution in [1.29, 1.82) is 0 Å². The summed E-state index contributed by atoms with van der Waals surface area (Å²) in [7, 11) is 0. The first-order valence-electron chi connectivity index (χ1n) is 10.5. The lowest BCUT2D eigenvalue weighted by atomic mass is 10.1. The number of nitrogens with one attached hydrogen (secondary N) is 1. The highest BCUT2D eigenvalue weighted by Gasteiger charge is 2.20. The summed E-state index contributed by atoms with van der Waals surface area (Å²) < 4.78 is 7.12. The van der Waals surface area contributed by atoms with Gasteiger partial charge in [-0.05, 0) is 48.9 Å². The van der Waals surface area contributed by atoms with Crippen LogP contribution < -0.4 is 5.32 Å². The number of thiophene rings is 1. The normalized spacial score (nSPS) is 11.0. The van der Waals surface area contributed by atoms with E-state index in [1.54, 1.807) is 16.9 Å². The van der Waals surface area contributed by atoms with Crippen molar-refractivity contribution < 1.29 is 14.3 Å². The number of pyridine rings is 1. The maximum atomic E-state index is 13.0. The SMILES string of the molecule is CCc1cccc(C)c1NC(=O)COC(=O)c1cc(-c2cccs2)nc2c1cnn2CC. The first kappa shape index (κ1) is 21.7. The van der Waals surface area contributed by atoms with Crippen LogP contribution in [-0.2, 0) is 22.5 Å². The molecule has 0 saturated carbocycles. The minimum absolute atomic E-state index is 0.344. The topological polar surface area (TPSA) is 86.1 Å². The minimum Gasteiger partial charge on any atom is -0.452 e. The summed E-state index contributed by atoms with van der Waals surface area (Å²) in [6.07, 6.45) is 2.40. The standard InChI is InChI=1S/C24H24N4O3S/c1-4-16-9-6-8-15(3)22(16)27-21(29)14-31-24(30)17-12-19(20-10-7-11-32-20)26-23-18(17)13-25-28(23)5-2/h6-13H,4-5,14H2,1-3H3,(H,27,29). The van der Waals surface area contributed by atoms with Gasteiger partial charge in [0.15, 0.2) is 12.3 Å². The third kappa shape index (κ3) is 4.27. The molecule has 1 amide bonds. The second-order valence-electron chi connectivity index (χ2n) is 7.32. The van der Waals surface area contributed by atoms with Crippen molar-refractivity contribution in [3.63, 3.8) is 0 Å². The van der Waals surface area contributed by atoms with Crippen molar-refractivity contribution in [2.45, 2.75) is 33.7 Å². The molecule has 0 unspecified atom stereocenters. The first-order chi connectivity index (χ1) is 15.5. The fourth-order valence-electron chi connectivity index (χ4n) is 3.58. The third-order valence-corrected chi connectivity index (χ3v) is 6.13. The Hall–Kier alpha value is -3.52. The molecule has 0 aliphatic rings. The Morgan fingerprint density at radius 2 is 2.03 bits per heavy atom. The van der Waals surface area contributed by atoms with E-state index in [4.69, 9.17) is 9.72 Å². The van der Waals surface area contributed by atoms with Crippen LogP contribution in [0.5, 0.6) is 0 Å². The molecular weight excluding hydrogens is 424 g/mol. The van der Waals surface area contributed by atoms with Gasteiger partial charge < -0.3 is 10.1 Å². The second-order valence-corrected chi connectivity index (χ2v) is 8.26. The summed E-state index contributed by atoms with van der Waals surface area (Å²) in [6.45, 7) is 6.17. The maximum Gasteiger partial charge on any atom is 0.339 e. The average Bonchev–Trinajstić information content (AvgIpc) is 3.48. The number of hydrogen-bond donors (Lipinski definition) is 1. The van der Waals surface area contributed by atoms with Gasteiger partial charge >= 0.3 is 5.97 Å². The Morgan fingerprint density at radius 1 is 1.19 bits per heavy atom. The number of ether oxygens (including phenoxy) is 1. The van der Waals surface area contributed by atoms with Crippen molar-refractivity contribution in [2.75, 3.05) is 11.9 Å². The lowest BCUT2D eigenvalue weighted by Gasteiger charge is -2.13. The van der Waals surface area contributed by atoms with Gasteiger partial charge in [0.05, 0.1) is 27.7 Å². The molecule has 3 heterocycles. The van der Waals surface area contributed by atoms with E-state index in [0.717, 1.165) is 28.1 Å². The average molecular weight is 449 g/mol. The molecule has 1 aromatic carbocycles. The Morgan fingerprint density at radius 3 is 2.75 bits per heavy atom. The molecule has 0 radical (unpaired) electrons. The van der Waals surface area contributed by atoms with Crippen LogP contribution in [0.1, 0.15) is 35.3 Å². The molecule has 164 valence electrons. The largest absolute Gasteiger partial charge is 0.452 e. The highest BCUT2D eigenvalue weighted by Crippen LogP contribution is 2.28. The van der Waals surface area contributed by atoms with Gasteiger partial charge in [-0.15, -0.1) is 11.3 Å². The van der Waals surface area contributed by atoms with Crippen LogP contribution in [0.2, 0.25) is 0 Å². The van der Waals surface area contributed by atoms with Crippen molar-refractivity contribution in [3.05, 3.63) is 64.7 Å². The molecule has 1 N–H and O–H groups in total. The van der Waals surface area contributed by atoms with E-state index in [-0.39, 0.29) is 12.5 Å². The van der Waals surface area contributed by atoms with Crippen molar-refractivity contribution in [2.24, 2.45) is 0 Å². The molecule has 4 rings (SSSR count). The van der Waals surface area contributed by atoms with Crippen LogP contribution in [-0.4, -0.2) is 33.2 Å². The lowest BCUT2D eigenvalue weighted by molar-refractivity contribution is -0.119. The van der Waals surface area contributed by atoms with Gasteiger partial charge in [-0.1, -0.05) is 31.2 Å². The van der Waals surface area contributed by atoms with E-state index in [0.29, 0.717) is 28.8 Å². The number of nitrogens with zero attached hydrogens (tertiary/aromatic N) is 3. The number of para-hydroxylation sites is 1. The predicted octanol–water partition coefficient (Wildman–Crippen LogP) is 4.85. The number of aromatic nitrogens is 3. The zero-order valence-corrected chi connectivity index (χ0v) is 19.0. The van der Waals surface area contributed by atoms with Gasteiger partial charge in [-0.3, -0.25) is 4.79 Å². The van der Waals surface area contributed by atoms with Gasteiger partial charge in [0, 0.05) is 12.2 Å². The zero-order valence-electron chi connectivity index (χ0n) is 18.2. The highest BCUT2D eigenvalue weighted by molar-refractivity contribution is 7.13. The molecular formula is C24H24N4O3S. The molecule has 32 heavy (non-hydrogen) atoms. The highest BCUT2D eigenvalue weighted by atomic mass is 32.1. The molecule has 0 atom stereocenters. The summed E-state index contributed by atoms with van der Waals surface area (Å²) in [6, 6.07) is 11.4. The van der Waals surface area contributed by atoms with Gasteiger partial charge in [0.2, 0.25) is 0 Å². The Balaban J connectivity index is 1.56. The zero-order chi connectivity index (χ0) is 22.7. The number of aryl methyl sites for hydroxylation is 3. The third-order valence-electron chi connectivity index (χ3n) is 5.24. The first-order valence-corrected chi connectivity index (χ1v) is 11.4. The second kappa shape index (κ2) is 9.32. The summed E-state index contributed by atoms with van der Waals surface area (Å²) in [5.41, 5.74) is 4.40. The fourth-order valence-corrected chi connectivity index (χ4v) is 4.27. The van der Waals surface area contributed by atoms with E-state index in [1.807, 2.05) is 56.5 Å². The van der Waals surface area contributed by atoms with Crippen LogP contribution in [0.15, 0.2) is 48.0 Å². The summed E-state index contributed by atoms with van der Waals surface area (Å²) in [5, 5.41) is 9.76. The maximum absolute atomic E-state index is 13.0. The van der Waals surface area contributed by atoms with E-state index in [2.05, 4.69) is 10.4 Å². The van der Waals surface area contributed by atoms with Crippen molar-refractivity contribution >= 4 is 39.9 Å². The van der Waals surface area contributed by atoms with Crippen LogP contribution in [0.3, 0.4) is 0 Å². The number of esters is 1. The molecule has 0 fully saturated rings. The van der Waals surface area contributed by atoms with Gasteiger partial charge in [-0.25, -0.2) is 14.5 Å². The molecule has 8 heteroatoms. The number of hydrogen-bond acceptors (Lipinski definition) is 6. The van der Waals surface area contributed by atoms with E-state index < -0.39 is 5.97 Å². The molecule has 0 bridgehead atoms. The number of carbonyl (C=O) groups is 2. The minimum atomic E-state index is -0.582. The molecule has 7 nitrogen and oxygen atoms in total. The summed E-state index contributed by atoms with van der Waals surface area (Å²) >= 11 is 1.54. The summed E-state index contributed by atoms with van der Waals surface area (Å²) in [5.74, 6) is -0.961. The van der Waals surface area contributed by atoms with Gasteiger partial charge in [0.25, 0.3) is 5.91 Å². The van der Waals surface area contributed by atoms with E-state index in [9.17, 15) is 9.59 Å². The quantitative estimate of drug-likeness (QED) is 0.409. The Bertz CT molecular complexity index is 1280. The number of anilines is 1. The predicted molar refractivity (Wildman–Crippen MR) is 126 cm³/mol. The Labute approximate surface area is 190 Å². The molecule has 0 aliphatic carbocycles. The van der Waals surface area contributed by atoms with Crippen LogP contribution in [0.25, 0.3) is 21.6 Å². The van der Waals surface area contributed by atoms with Crippen LogP contribution >= 0.6 is 11.3 Å². The molecule has 0 spiro atoms. The van der Waals surface area contributed by atoms with Gasteiger partial charge in [-0.2, -0.15) is 5.10 Å². The van der Waals surface area contributed by atoms with E-state index >= 15 is 0 Å². The number of fused-ring (bicyclic) bond motifs is 1. The van der Waals surface area contributed by atoms with E-state index in [1.165, 1.54) is 11.3 Å². The lowest BCUT2D eigenvalue weighted by Crippen LogP contribution is -2.22.